The second kappa shape index (κ2) is 4.79. The van der Waals surface area contributed by atoms with Gasteiger partial charge in [0.05, 0.1) is 0 Å². The number of rotatable bonds is 2. The van der Waals surface area contributed by atoms with E-state index in [-0.39, 0.29) is 0 Å². The van der Waals surface area contributed by atoms with Crippen molar-refractivity contribution in [1.29, 1.82) is 0 Å². The van der Waals surface area contributed by atoms with Gasteiger partial charge < -0.3 is 4.98 Å². The normalized spacial score (nSPS) is 11.0. The first-order valence-corrected chi connectivity index (χ1v) is 6.90. The molecule has 0 aliphatic heterocycles. The molecule has 1 heterocycles. The van der Waals surface area contributed by atoms with Gasteiger partial charge in [0.15, 0.2) is 0 Å². The minimum Gasteiger partial charge on any atom is -0.358 e. The van der Waals surface area contributed by atoms with Crippen molar-refractivity contribution in [3.05, 3.63) is 69.3 Å². The average molecular weight is 321 g/mol. The number of aromatic nitrogens is 1. The molecular formula is C15H11BrClN. The van der Waals surface area contributed by atoms with Crippen molar-refractivity contribution in [3.63, 3.8) is 0 Å². The first-order chi connectivity index (χ1) is 8.72. The predicted octanol–water partition coefficient (Wildman–Crippen LogP) is 5.17. The van der Waals surface area contributed by atoms with Gasteiger partial charge in [0, 0.05) is 27.1 Å². The van der Waals surface area contributed by atoms with Crippen LogP contribution in [0.4, 0.5) is 0 Å². The van der Waals surface area contributed by atoms with Crippen LogP contribution in [0, 0.1) is 0 Å². The molecule has 0 fully saturated rings. The molecule has 1 nitrogen and oxygen atoms in total. The fourth-order valence-electron chi connectivity index (χ4n) is 2.10. The molecule has 0 atom stereocenters. The number of hydrogen-bond acceptors (Lipinski definition) is 0. The van der Waals surface area contributed by atoms with Gasteiger partial charge in [-0.05, 0) is 35.2 Å². The Morgan fingerprint density at radius 1 is 1.06 bits per heavy atom. The SMILES string of the molecule is Clc1ccccc1Cc1cc2ccc(Br)cc2[nH]1. The molecule has 0 spiro atoms. The van der Waals surface area contributed by atoms with E-state index in [1.165, 1.54) is 11.1 Å². The maximum atomic E-state index is 6.18. The molecule has 3 heteroatoms. The van der Waals surface area contributed by atoms with Gasteiger partial charge >= 0.3 is 0 Å². The zero-order valence-electron chi connectivity index (χ0n) is 9.58. The van der Waals surface area contributed by atoms with Crippen LogP contribution >= 0.6 is 27.5 Å². The molecule has 0 amide bonds. The number of aromatic amines is 1. The van der Waals surface area contributed by atoms with Gasteiger partial charge in [-0.2, -0.15) is 0 Å². The van der Waals surface area contributed by atoms with Crippen LogP contribution in [0.25, 0.3) is 10.9 Å². The molecule has 0 saturated carbocycles. The van der Waals surface area contributed by atoms with Crippen molar-refractivity contribution in [2.24, 2.45) is 0 Å². The molecule has 18 heavy (non-hydrogen) atoms. The first-order valence-electron chi connectivity index (χ1n) is 5.73. The van der Waals surface area contributed by atoms with Crippen molar-refractivity contribution >= 4 is 38.4 Å². The highest BCUT2D eigenvalue weighted by Gasteiger charge is 2.04. The van der Waals surface area contributed by atoms with Crippen molar-refractivity contribution in [2.75, 3.05) is 0 Å². The lowest BCUT2D eigenvalue weighted by molar-refractivity contribution is 1.12. The summed E-state index contributed by atoms with van der Waals surface area (Å²) in [5.41, 5.74) is 3.47. The summed E-state index contributed by atoms with van der Waals surface area (Å²) in [5.74, 6) is 0. The predicted molar refractivity (Wildman–Crippen MR) is 80.3 cm³/mol. The maximum absolute atomic E-state index is 6.18. The fourth-order valence-corrected chi connectivity index (χ4v) is 2.67. The Bertz CT molecular complexity index is 703. The van der Waals surface area contributed by atoms with Crippen LogP contribution < -0.4 is 0 Å². The number of nitrogens with one attached hydrogen (secondary N) is 1. The molecule has 2 aromatic carbocycles. The monoisotopic (exact) mass is 319 g/mol. The maximum Gasteiger partial charge on any atom is 0.0467 e. The van der Waals surface area contributed by atoms with E-state index in [4.69, 9.17) is 11.6 Å². The van der Waals surface area contributed by atoms with Gasteiger partial charge in [0.2, 0.25) is 0 Å². The summed E-state index contributed by atoms with van der Waals surface area (Å²) in [6.45, 7) is 0. The largest absolute Gasteiger partial charge is 0.358 e. The standard InChI is InChI=1S/C15H11BrClN/c16-12-6-5-11-8-13(18-15(11)9-12)7-10-3-1-2-4-14(10)17/h1-6,8-9,18H,7H2. The molecule has 1 aromatic heterocycles. The van der Waals surface area contributed by atoms with E-state index < -0.39 is 0 Å². The molecule has 0 unspecified atom stereocenters. The topological polar surface area (TPSA) is 15.8 Å². The Hall–Kier alpha value is -1.25. The highest BCUT2D eigenvalue weighted by molar-refractivity contribution is 9.10. The molecule has 0 aliphatic rings. The quantitative estimate of drug-likeness (QED) is 0.670. The Balaban J connectivity index is 1.98. The van der Waals surface area contributed by atoms with Crippen LogP contribution in [0.3, 0.4) is 0 Å². The average Bonchev–Trinajstić information content (AvgIpc) is 2.73. The third-order valence-electron chi connectivity index (χ3n) is 2.98. The molecular weight excluding hydrogens is 310 g/mol. The lowest BCUT2D eigenvalue weighted by atomic mass is 10.1. The summed E-state index contributed by atoms with van der Waals surface area (Å²) < 4.78 is 1.08. The van der Waals surface area contributed by atoms with Crippen LogP contribution in [0.2, 0.25) is 5.02 Å². The van der Waals surface area contributed by atoms with E-state index in [1.54, 1.807) is 0 Å². The summed E-state index contributed by atoms with van der Waals surface area (Å²) >= 11 is 9.66. The lowest BCUT2D eigenvalue weighted by Gasteiger charge is -2.01. The molecule has 0 bridgehead atoms. The summed E-state index contributed by atoms with van der Waals surface area (Å²) in [6, 6.07) is 16.4. The van der Waals surface area contributed by atoms with Gasteiger partial charge in [-0.15, -0.1) is 0 Å². The minimum atomic E-state index is 0.817. The van der Waals surface area contributed by atoms with Crippen LogP contribution in [0.15, 0.2) is 53.0 Å². The van der Waals surface area contributed by atoms with Gasteiger partial charge in [-0.1, -0.05) is 51.8 Å². The fraction of sp³-hybridized carbons (Fsp3) is 0.0667. The number of H-pyrrole nitrogens is 1. The summed E-state index contributed by atoms with van der Waals surface area (Å²) in [6.07, 6.45) is 0.825. The van der Waals surface area contributed by atoms with Crippen molar-refractivity contribution in [1.82, 2.24) is 4.98 Å². The third kappa shape index (κ3) is 2.31. The van der Waals surface area contributed by atoms with Crippen LogP contribution in [0.5, 0.6) is 0 Å². The number of benzene rings is 2. The minimum absolute atomic E-state index is 0.817. The zero-order chi connectivity index (χ0) is 12.5. The highest BCUT2D eigenvalue weighted by Crippen LogP contribution is 2.23. The van der Waals surface area contributed by atoms with E-state index in [1.807, 2.05) is 18.2 Å². The molecule has 3 rings (SSSR count). The van der Waals surface area contributed by atoms with E-state index in [9.17, 15) is 0 Å². The van der Waals surface area contributed by atoms with E-state index in [0.717, 1.165) is 27.0 Å². The van der Waals surface area contributed by atoms with Gasteiger partial charge in [0.1, 0.15) is 0 Å². The summed E-state index contributed by atoms with van der Waals surface area (Å²) in [4.78, 5) is 3.42. The number of halogens is 2. The molecule has 0 aliphatic carbocycles. The van der Waals surface area contributed by atoms with E-state index in [2.05, 4.69) is 51.2 Å². The van der Waals surface area contributed by atoms with E-state index >= 15 is 0 Å². The molecule has 3 aromatic rings. The van der Waals surface area contributed by atoms with Crippen LogP contribution in [0.1, 0.15) is 11.3 Å². The first kappa shape index (κ1) is 11.8. The van der Waals surface area contributed by atoms with Gasteiger partial charge in [-0.25, -0.2) is 0 Å². The molecule has 90 valence electrons. The summed E-state index contributed by atoms with van der Waals surface area (Å²) in [7, 11) is 0. The lowest BCUT2D eigenvalue weighted by Crippen LogP contribution is -1.88. The van der Waals surface area contributed by atoms with Gasteiger partial charge in [0.25, 0.3) is 0 Å². The Morgan fingerprint density at radius 2 is 1.89 bits per heavy atom. The van der Waals surface area contributed by atoms with Gasteiger partial charge in [-0.3, -0.25) is 0 Å². The zero-order valence-corrected chi connectivity index (χ0v) is 11.9. The molecule has 1 N–H and O–H groups in total. The van der Waals surface area contributed by atoms with Crippen molar-refractivity contribution in [2.45, 2.75) is 6.42 Å². The van der Waals surface area contributed by atoms with Crippen molar-refractivity contribution in [3.8, 4) is 0 Å². The Morgan fingerprint density at radius 3 is 2.72 bits per heavy atom. The second-order valence-corrected chi connectivity index (χ2v) is 5.62. The highest BCUT2D eigenvalue weighted by atomic mass is 79.9. The van der Waals surface area contributed by atoms with Crippen LogP contribution in [-0.2, 0) is 6.42 Å². The number of fused-ring (bicyclic) bond motifs is 1. The number of hydrogen-bond donors (Lipinski definition) is 1. The Kier molecular flexibility index (Phi) is 3.14. The summed E-state index contributed by atoms with van der Waals surface area (Å²) in [5, 5.41) is 2.04. The second-order valence-electron chi connectivity index (χ2n) is 4.29. The Labute approximate surface area is 119 Å². The molecule has 0 radical (unpaired) electrons. The smallest absolute Gasteiger partial charge is 0.0467 e. The molecule has 0 saturated heterocycles. The van der Waals surface area contributed by atoms with E-state index in [0.29, 0.717) is 0 Å². The third-order valence-corrected chi connectivity index (χ3v) is 3.84. The van der Waals surface area contributed by atoms with Crippen LogP contribution in [-0.4, -0.2) is 4.98 Å². The van der Waals surface area contributed by atoms with Crippen molar-refractivity contribution < 1.29 is 0 Å².